The van der Waals surface area contributed by atoms with Crippen LogP contribution < -0.4 is 10.1 Å². The SMILES string of the molecule is CCc1nc(OC)ccc1-c1ncc(N[C@@H](C)COC)cc1C. The largest absolute Gasteiger partial charge is 0.481 e. The van der Waals surface area contributed by atoms with Gasteiger partial charge in [0.25, 0.3) is 0 Å². The van der Waals surface area contributed by atoms with Gasteiger partial charge in [0.15, 0.2) is 0 Å². The van der Waals surface area contributed by atoms with E-state index in [-0.39, 0.29) is 6.04 Å². The van der Waals surface area contributed by atoms with Crippen LogP contribution in [-0.2, 0) is 11.2 Å². The number of nitrogens with zero attached hydrogens (tertiary/aromatic N) is 2. The van der Waals surface area contributed by atoms with Crippen LogP contribution in [0.1, 0.15) is 25.1 Å². The third kappa shape index (κ3) is 4.20. The molecule has 0 spiro atoms. The van der Waals surface area contributed by atoms with Crippen molar-refractivity contribution in [1.82, 2.24) is 9.97 Å². The summed E-state index contributed by atoms with van der Waals surface area (Å²) in [6, 6.07) is 6.25. The van der Waals surface area contributed by atoms with Crippen molar-refractivity contribution >= 4 is 5.69 Å². The van der Waals surface area contributed by atoms with Crippen LogP contribution in [0.15, 0.2) is 24.4 Å². The predicted octanol–water partition coefficient (Wildman–Crippen LogP) is 3.47. The minimum atomic E-state index is 0.237. The van der Waals surface area contributed by atoms with Crippen LogP contribution in [0, 0.1) is 6.92 Å². The Labute approximate surface area is 138 Å². The smallest absolute Gasteiger partial charge is 0.213 e. The van der Waals surface area contributed by atoms with E-state index >= 15 is 0 Å². The van der Waals surface area contributed by atoms with Crippen LogP contribution in [-0.4, -0.2) is 36.8 Å². The van der Waals surface area contributed by atoms with Gasteiger partial charge in [0.1, 0.15) is 0 Å². The van der Waals surface area contributed by atoms with Crippen LogP contribution in [0.2, 0.25) is 0 Å². The monoisotopic (exact) mass is 315 g/mol. The van der Waals surface area contributed by atoms with Crippen molar-refractivity contribution < 1.29 is 9.47 Å². The zero-order valence-electron chi connectivity index (χ0n) is 14.5. The zero-order valence-corrected chi connectivity index (χ0v) is 14.5. The highest BCUT2D eigenvalue weighted by molar-refractivity contribution is 5.68. The van der Waals surface area contributed by atoms with E-state index in [0.717, 1.165) is 34.6 Å². The summed E-state index contributed by atoms with van der Waals surface area (Å²) in [6.07, 6.45) is 2.69. The predicted molar refractivity (Wildman–Crippen MR) is 93.1 cm³/mol. The molecule has 0 unspecified atom stereocenters. The Hall–Kier alpha value is -2.14. The molecule has 5 heteroatoms. The second kappa shape index (κ2) is 7.92. The van der Waals surface area contributed by atoms with Crippen molar-refractivity contribution in [2.75, 3.05) is 26.1 Å². The summed E-state index contributed by atoms with van der Waals surface area (Å²) in [6.45, 7) is 6.89. The Morgan fingerprint density at radius 1 is 1.26 bits per heavy atom. The first kappa shape index (κ1) is 17.2. The number of nitrogens with one attached hydrogen (secondary N) is 1. The summed E-state index contributed by atoms with van der Waals surface area (Å²) in [5, 5.41) is 3.39. The average Bonchev–Trinajstić information content (AvgIpc) is 2.55. The lowest BCUT2D eigenvalue weighted by Gasteiger charge is -2.16. The van der Waals surface area contributed by atoms with Crippen molar-refractivity contribution in [3.8, 4) is 17.1 Å². The minimum absolute atomic E-state index is 0.237. The first-order valence-corrected chi connectivity index (χ1v) is 7.85. The summed E-state index contributed by atoms with van der Waals surface area (Å²) in [7, 11) is 3.33. The highest BCUT2D eigenvalue weighted by Gasteiger charge is 2.12. The fourth-order valence-corrected chi connectivity index (χ4v) is 2.59. The number of rotatable bonds is 7. The standard InChI is InChI=1S/C18H25N3O2/c1-6-16-15(7-8-17(21-16)23-5)18-12(2)9-14(10-19-18)20-13(3)11-22-4/h7-10,13,20H,6,11H2,1-5H3/t13-/m0/s1. The van der Waals surface area contributed by atoms with E-state index in [9.17, 15) is 0 Å². The van der Waals surface area contributed by atoms with Gasteiger partial charge >= 0.3 is 0 Å². The lowest BCUT2D eigenvalue weighted by molar-refractivity contribution is 0.190. The van der Waals surface area contributed by atoms with Gasteiger partial charge in [0, 0.05) is 24.8 Å². The fourth-order valence-electron chi connectivity index (χ4n) is 2.59. The number of methoxy groups -OCH3 is 2. The van der Waals surface area contributed by atoms with Crippen molar-refractivity contribution in [2.24, 2.45) is 0 Å². The number of anilines is 1. The lowest BCUT2D eigenvalue weighted by atomic mass is 10.0. The molecule has 0 fully saturated rings. The minimum Gasteiger partial charge on any atom is -0.481 e. The van der Waals surface area contributed by atoms with Gasteiger partial charge in [-0.15, -0.1) is 0 Å². The summed E-state index contributed by atoms with van der Waals surface area (Å²) in [4.78, 5) is 9.17. The molecule has 23 heavy (non-hydrogen) atoms. The Kier molecular flexibility index (Phi) is 5.93. The molecule has 1 N–H and O–H groups in total. The highest BCUT2D eigenvalue weighted by Crippen LogP contribution is 2.27. The Morgan fingerprint density at radius 3 is 2.65 bits per heavy atom. The van der Waals surface area contributed by atoms with Crippen molar-refractivity contribution in [3.63, 3.8) is 0 Å². The molecule has 0 amide bonds. The van der Waals surface area contributed by atoms with Gasteiger partial charge in [-0.1, -0.05) is 6.92 Å². The van der Waals surface area contributed by atoms with E-state index in [2.05, 4.69) is 42.1 Å². The molecule has 0 aliphatic carbocycles. The Morgan fingerprint density at radius 2 is 2.04 bits per heavy atom. The van der Waals surface area contributed by atoms with Crippen LogP contribution in [0.25, 0.3) is 11.3 Å². The molecule has 2 aromatic rings. The molecule has 0 aromatic carbocycles. The molecule has 0 bridgehead atoms. The Bertz CT molecular complexity index is 659. The van der Waals surface area contributed by atoms with Gasteiger partial charge in [0.05, 0.1) is 37.0 Å². The molecule has 5 nitrogen and oxygen atoms in total. The topological polar surface area (TPSA) is 56.3 Å². The van der Waals surface area contributed by atoms with Crippen molar-refractivity contribution in [2.45, 2.75) is 33.2 Å². The first-order valence-electron chi connectivity index (χ1n) is 7.85. The molecule has 2 heterocycles. The van der Waals surface area contributed by atoms with E-state index in [4.69, 9.17) is 9.47 Å². The van der Waals surface area contributed by atoms with E-state index in [1.54, 1.807) is 14.2 Å². The zero-order chi connectivity index (χ0) is 16.8. The molecule has 0 saturated carbocycles. The maximum Gasteiger partial charge on any atom is 0.213 e. The third-order valence-corrected chi connectivity index (χ3v) is 3.66. The van der Waals surface area contributed by atoms with Gasteiger partial charge in [-0.05, 0) is 38.0 Å². The number of hydrogen-bond acceptors (Lipinski definition) is 5. The molecule has 0 aliphatic rings. The molecule has 2 rings (SSSR count). The summed E-state index contributed by atoms with van der Waals surface area (Å²) < 4.78 is 10.4. The first-order chi connectivity index (χ1) is 11.1. The number of aromatic nitrogens is 2. The number of pyridine rings is 2. The van der Waals surface area contributed by atoms with Gasteiger partial charge in [0.2, 0.25) is 5.88 Å². The van der Waals surface area contributed by atoms with Crippen LogP contribution in [0.3, 0.4) is 0 Å². The molecule has 2 aromatic heterocycles. The van der Waals surface area contributed by atoms with E-state index in [1.165, 1.54) is 0 Å². The van der Waals surface area contributed by atoms with E-state index in [1.807, 2.05) is 18.3 Å². The van der Waals surface area contributed by atoms with Crippen LogP contribution in [0.5, 0.6) is 5.88 Å². The van der Waals surface area contributed by atoms with Gasteiger partial charge < -0.3 is 14.8 Å². The van der Waals surface area contributed by atoms with Gasteiger partial charge in [-0.2, -0.15) is 0 Å². The summed E-state index contributed by atoms with van der Waals surface area (Å²) >= 11 is 0. The van der Waals surface area contributed by atoms with Gasteiger partial charge in [-0.25, -0.2) is 4.98 Å². The molecule has 1 atom stereocenters. The van der Waals surface area contributed by atoms with Crippen molar-refractivity contribution in [1.29, 1.82) is 0 Å². The number of aryl methyl sites for hydroxylation is 2. The summed E-state index contributed by atoms with van der Waals surface area (Å²) in [5.74, 6) is 0.634. The van der Waals surface area contributed by atoms with Gasteiger partial charge in [-0.3, -0.25) is 4.98 Å². The molecular weight excluding hydrogens is 290 g/mol. The number of hydrogen-bond donors (Lipinski definition) is 1. The fraction of sp³-hybridized carbons (Fsp3) is 0.444. The lowest BCUT2D eigenvalue weighted by Crippen LogP contribution is -2.20. The molecule has 124 valence electrons. The summed E-state index contributed by atoms with van der Waals surface area (Å²) in [5.41, 5.74) is 5.12. The third-order valence-electron chi connectivity index (χ3n) is 3.66. The second-order valence-electron chi connectivity index (χ2n) is 5.59. The molecule has 0 saturated heterocycles. The quantitative estimate of drug-likeness (QED) is 0.848. The van der Waals surface area contributed by atoms with Crippen molar-refractivity contribution in [3.05, 3.63) is 35.7 Å². The van der Waals surface area contributed by atoms with Crippen LogP contribution >= 0.6 is 0 Å². The average molecular weight is 315 g/mol. The van der Waals surface area contributed by atoms with E-state index in [0.29, 0.717) is 12.5 Å². The molecule has 0 aliphatic heterocycles. The molecular formula is C18H25N3O2. The molecule has 0 radical (unpaired) electrons. The van der Waals surface area contributed by atoms with E-state index < -0.39 is 0 Å². The van der Waals surface area contributed by atoms with Crippen LogP contribution in [0.4, 0.5) is 5.69 Å². The normalized spacial score (nSPS) is 12.0. The Balaban J connectivity index is 2.31. The second-order valence-corrected chi connectivity index (χ2v) is 5.59. The maximum atomic E-state index is 5.21. The number of ether oxygens (including phenoxy) is 2. The highest BCUT2D eigenvalue weighted by atomic mass is 16.5. The maximum absolute atomic E-state index is 5.21.